The molecule has 1 aromatic rings. The molecule has 1 amide bonds. The van der Waals surface area contributed by atoms with Gasteiger partial charge in [-0.25, -0.2) is 0 Å². The van der Waals surface area contributed by atoms with Crippen LogP contribution < -0.4 is 5.32 Å². The molecule has 0 spiro atoms. The summed E-state index contributed by atoms with van der Waals surface area (Å²) in [5, 5.41) is 10.8. The van der Waals surface area contributed by atoms with Gasteiger partial charge in [0.25, 0.3) is 5.91 Å². The standard InChI is InChI=1S/C12H11NO3S.2C2H6/c14-11(15)7-13-12(16)10-6-8-4-2-1-3-5-9(8)17-10;2*1-2/h2-6H,1,7H2,(H,13,16)(H,14,15);2*1-2H3. The van der Waals surface area contributed by atoms with E-state index in [4.69, 9.17) is 5.11 Å². The van der Waals surface area contributed by atoms with Gasteiger partial charge < -0.3 is 10.4 Å². The molecule has 0 atom stereocenters. The first-order chi connectivity index (χ1) is 10.2. The first-order valence-corrected chi connectivity index (χ1v) is 7.95. The number of nitrogens with one attached hydrogen (secondary N) is 1. The summed E-state index contributed by atoms with van der Waals surface area (Å²) in [6.45, 7) is 7.65. The second-order valence-corrected chi connectivity index (χ2v) is 4.63. The van der Waals surface area contributed by atoms with Crippen LogP contribution in [0.15, 0.2) is 18.2 Å². The van der Waals surface area contributed by atoms with Crippen LogP contribution in [0.25, 0.3) is 12.2 Å². The second kappa shape index (κ2) is 10.9. The van der Waals surface area contributed by atoms with Crippen molar-refractivity contribution in [2.24, 2.45) is 0 Å². The van der Waals surface area contributed by atoms with Crippen molar-refractivity contribution in [3.8, 4) is 0 Å². The molecule has 0 aliphatic heterocycles. The lowest BCUT2D eigenvalue weighted by Crippen LogP contribution is -2.28. The van der Waals surface area contributed by atoms with E-state index in [1.165, 1.54) is 11.3 Å². The normalized spacial score (nSPS) is 11.0. The Morgan fingerprint density at radius 2 is 1.81 bits per heavy atom. The molecule has 0 saturated carbocycles. The zero-order chi connectivity index (χ0) is 16.3. The molecule has 1 aliphatic carbocycles. The van der Waals surface area contributed by atoms with Crippen molar-refractivity contribution in [1.82, 2.24) is 5.32 Å². The molecule has 1 aliphatic rings. The Kier molecular flexibility index (Phi) is 9.88. The number of rotatable bonds is 3. The van der Waals surface area contributed by atoms with Gasteiger partial charge in [-0.1, -0.05) is 45.9 Å². The number of aliphatic carboxylic acids is 1. The lowest BCUT2D eigenvalue weighted by Gasteiger charge is -1.97. The molecule has 2 rings (SSSR count). The van der Waals surface area contributed by atoms with Gasteiger partial charge in [-0.3, -0.25) is 9.59 Å². The smallest absolute Gasteiger partial charge is 0.322 e. The van der Waals surface area contributed by atoms with Gasteiger partial charge in [-0.15, -0.1) is 11.3 Å². The van der Waals surface area contributed by atoms with Crippen LogP contribution in [0.5, 0.6) is 0 Å². The highest BCUT2D eigenvalue weighted by Crippen LogP contribution is 2.27. The molecule has 1 heterocycles. The van der Waals surface area contributed by atoms with Crippen LogP contribution in [0, 0.1) is 0 Å². The Labute approximate surface area is 130 Å². The van der Waals surface area contributed by atoms with Crippen LogP contribution in [0.3, 0.4) is 0 Å². The molecule has 0 aromatic carbocycles. The maximum absolute atomic E-state index is 11.6. The number of carboxylic acids is 1. The first kappa shape index (κ1) is 19.1. The fraction of sp³-hybridized carbons (Fsp3) is 0.375. The van der Waals surface area contributed by atoms with Gasteiger partial charge in [-0.05, 0) is 24.1 Å². The van der Waals surface area contributed by atoms with E-state index in [0.717, 1.165) is 16.9 Å². The highest BCUT2D eigenvalue weighted by atomic mass is 32.1. The van der Waals surface area contributed by atoms with Crippen molar-refractivity contribution in [2.75, 3.05) is 6.54 Å². The molecule has 21 heavy (non-hydrogen) atoms. The highest BCUT2D eigenvalue weighted by Gasteiger charge is 2.13. The largest absolute Gasteiger partial charge is 0.480 e. The van der Waals surface area contributed by atoms with E-state index < -0.39 is 5.97 Å². The molecular weight excluding hydrogens is 286 g/mol. The van der Waals surface area contributed by atoms with Crippen LogP contribution in [-0.2, 0) is 4.79 Å². The van der Waals surface area contributed by atoms with Crippen molar-refractivity contribution in [1.29, 1.82) is 0 Å². The molecular formula is C16H23NO3S. The number of amides is 1. The Morgan fingerprint density at radius 1 is 1.19 bits per heavy atom. The third kappa shape index (κ3) is 6.40. The van der Waals surface area contributed by atoms with Gasteiger partial charge >= 0.3 is 5.97 Å². The molecule has 4 nitrogen and oxygen atoms in total. The number of fused-ring (bicyclic) bond motifs is 1. The summed E-state index contributed by atoms with van der Waals surface area (Å²) >= 11 is 1.37. The summed E-state index contributed by atoms with van der Waals surface area (Å²) in [6.07, 6.45) is 8.89. The van der Waals surface area contributed by atoms with E-state index in [1.54, 1.807) is 6.07 Å². The van der Waals surface area contributed by atoms with Crippen molar-refractivity contribution in [2.45, 2.75) is 34.1 Å². The topological polar surface area (TPSA) is 66.4 Å². The van der Waals surface area contributed by atoms with E-state index in [0.29, 0.717) is 4.88 Å². The van der Waals surface area contributed by atoms with Crippen molar-refractivity contribution >= 4 is 35.4 Å². The zero-order valence-electron chi connectivity index (χ0n) is 13.0. The molecule has 0 bridgehead atoms. The number of hydrogen-bond acceptors (Lipinski definition) is 3. The van der Waals surface area contributed by atoms with E-state index in [9.17, 15) is 9.59 Å². The molecule has 0 fully saturated rings. The quantitative estimate of drug-likeness (QED) is 0.885. The molecule has 2 N–H and O–H groups in total. The predicted molar refractivity (Wildman–Crippen MR) is 89.7 cm³/mol. The van der Waals surface area contributed by atoms with Crippen LogP contribution in [-0.4, -0.2) is 23.5 Å². The summed E-state index contributed by atoms with van der Waals surface area (Å²) in [6, 6.07) is 1.78. The van der Waals surface area contributed by atoms with Gasteiger partial charge in [0.1, 0.15) is 6.54 Å². The molecule has 0 saturated heterocycles. The lowest BCUT2D eigenvalue weighted by atomic mass is 10.2. The number of carbonyl (C=O) groups is 2. The number of allylic oxidation sites excluding steroid dienone is 2. The number of carboxylic acid groups (broad SMARTS) is 1. The number of hydrogen-bond donors (Lipinski definition) is 2. The van der Waals surface area contributed by atoms with Crippen LogP contribution in [0.4, 0.5) is 0 Å². The summed E-state index contributed by atoms with van der Waals surface area (Å²) in [5.74, 6) is -1.39. The Morgan fingerprint density at radius 3 is 2.43 bits per heavy atom. The van der Waals surface area contributed by atoms with Crippen LogP contribution >= 0.6 is 11.3 Å². The third-order valence-electron chi connectivity index (χ3n) is 2.25. The van der Waals surface area contributed by atoms with Gasteiger partial charge in [0.15, 0.2) is 0 Å². The summed E-state index contributed by atoms with van der Waals surface area (Å²) in [5.41, 5.74) is 1.00. The molecule has 5 heteroatoms. The van der Waals surface area contributed by atoms with Gasteiger partial charge in [0.05, 0.1) is 4.88 Å². The Hall–Kier alpha value is -1.88. The number of thiophene rings is 1. The monoisotopic (exact) mass is 309 g/mol. The van der Waals surface area contributed by atoms with E-state index in [1.807, 2.05) is 52.0 Å². The zero-order valence-corrected chi connectivity index (χ0v) is 13.8. The number of carbonyl (C=O) groups excluding carboxylic acids is 1. The van der Waals surface area contributed by atoms with Crippen LogP contribution in [0.1, 0.15) is 54.2 Å². The fourth-order valence-corrected chi connectivity index (χ4v) is 2.48. The molecule has 0 radical (unpaired) electrons. The molecule has 1 aromatic heterocycles. The van der Waals surface area contributed by atoms with Crippen molar-refractivity contribution in [3.63, 3.8) is 0 Å². The summed E-state index contributed by atoms with van der Waals surface area (Å²) < 4.78 is 0. The Bertz CT molecular complexity index is 486. The Balaban J connectivity index is 0.000000921. The van der Waals surface area contributed by atoms with E-state index >= 15 is 0 Å². The minimum Gasteiger partial charge on any atom is -0.480 e. The van der Waals surface area contributed by atoms with Crippen molar-refractivity contribution in [3.05, 3.63) is 33.5 Å². The minimum atomic E-state index is -1.05. The molecule has 0 unspecified atom stereocenters. The average molecular weight is 309 g/mol. The van der Waals surface area contributed by atoms with Crippen molar-refractivity contribution < 1.29 is 14.7 Å². The maximum Gasteiger partial charge on any atom is 0.322 e. The predicted octanol–water partition coefficient (Wildman–Crippen LogP) is 4.05. The SMILES string of the molecule is CC.CC.O=C(O)CNC(=O)c1cc2c(s1)C=CCC=C2. The van der Waals surface area contributed by atoms with Crippen LogP contribution in [0.2, 0.25) is 0 Å². The van der Waals surface area contributed by atoms with Gasteiger partial charge in [-0.2, -0.15) is 0 Å². The average Bonchev–Trinajstić information content (AvgIpc) is 2.80. The summed E-state index contributed by atoms with van der Waals surface area (Å²) in [4.78, 5) is 23.5. The van der Waals surface area contributed by atoms with E-state index in [-0.39, 0.29) is 12.5 Å². The van der Waals surface area contributed by atoms with E-state index in [2.05, 4.69) is 5.32 Å². The summed E-state index contributed by atoms with van der Waals surface area (Å²) in [7, 11) is 0. The lowest BCUT2D eigenvalue weighted by molar-refractivity contribution is -0.135. The third-order valence-corrected chi connectivity index (χ3v) is 3.37. The van der Waals surface area contributed by atoms with Gasteiger partial charge in [0.2, 0.25) is 0 Å². The molecule has 116 valence electrons. The second-order valence-electron chi connectivity index (χ2n) is 3.55. The van der Waals surface area contributed by atoms with Gasteiger partial charge in [0, 0.05) is 4.88 Å². The maximum atomic E-state index is 11.6. The highest BCUT2D eigenvalue weighted by molar-refractivity contribution is 7.15. The fourth-order valence-electron chi connectivity index (χ4n) is 1.48. The minimum absolute atomic E-state index is 0.340. The first-order valence-electron chi connectivity index (χ1n) is 7.14.